The lowest BCUT2D eigenvalue weighted by atomic mass is 10.0. The van der Waals surface area contributed by atoms with Crippen LogP contribution in [-0.4, -0.2) is 38.3 Å². The largest absolute Gasteiger partial charge is 0.354 e. The van der Waals surface area contributed by atoms with E-state index in [1.54, 1.807) is 34.1 Å². The average Bonchev–Trinajstić information content (AvgIpc) is 3.34. The van der Waals surface area contributed by atoms with Gasteiger partial charge in [0.05, 0.1) is 11.2 Å². The number of aromatic nitrogens is 4. The maximum atomic E-state index is 14.2. The van der Waals surface area contributed by atoms with E-state index in [0.29, 0.717) is 29.2 Å². The lowest BCUT2D eigenvalue weighted by molar-refractivity contribution is -0.127. The van der Waals surface area contributed by atoms with E-state index in [1.807, 2.05) is 66.7 Å². The van der Waals surface area contributed by atoms with Crippen molar-refractivity contribution in [2.24, 2.45) is 5.92 Å². The smallest absolute Gasteiger partial charge is 0.249 e. The van der Waals surface area contributed by atoms with E-state index < -0.39 is 6.04 Å². The van der Waals surface area contributed by atoms with Crippen molar-refractivity contribution in [1.29, 1.82) is 0 Å². The van der Waals surface area contributed by atoms with Gasteiger partial charge in [0.15, 0.2) is 0 Å². The van der Waals surface area contributed by atoms with Gasteiger partial charge < -0.3 is 5.32 Å². The first-order valence-corrected chi connectivity index (χ1v) is 12.8. The molecule has 2 amide bonds. The van der Waals surface area contributed by atoms with Crippen LogP contribution in [0.1, 0.15) is 31.9 Å². The number of nitrogens with zero attached hydrogens (tertiary/aromatic N) is 5. The van der Waals surface area contributed by atoms with Crippen LogP contribution in [0.2, 0.25) is 0 Å². The van der Waals surface area contributed by atoms with E-state index in [0.717, 1.165) is 22.7 Å². The molecule has 192 valence electrons. The third-order valence-corrected chi connectivity index (χ3v) is 6.55. The molecule has 5 rings (SSSR count). The van der Waals surface area contributed by atoms with E-state index in [9.17, 15) is 9.59 Å². The number of nitrogens with one attached hydrogen (secondary N) is 1. The molecule has 0 fully saturated rings. The highest BCUT2D eigenvalue weighted by molar-refractivity contribution is 6.08. The number of benzene rings is 3. The lowest BCUT2D eigenvalue weighted by Crippen LogP contribution is -2.45. The minimum Gasteiger partial charge on any atom is -0.354 e. The summed E-state index contributed by atoms with van der Waals surface area (Å²) in [6.07, 6.45) is 4.11. The Morgan fingerprint density at radius 1 is 0.921 bits per heavy atom. The van der Waals surface area contributed by atoms with Crippen LogP contribution in [0.15, 0.2) is 91.3 Å². The van der Waals surface area contributed by atoms with Gasteiger partial charge in [-0.05, 0) is 53.6 Å². The summed E-state index contributed by atoms with van der Waals surface area (Å²) in [5.41, 5.74) is 2.78. The minimum atomic E-state index is -0.904. The van der Waals surface area contributed by atoms with E-state index in [1.165, 1.54) is 0 Å². The van der Waals surface area contributed by atoms with E-state index in [2.05, 4.69) is 34.5 Å². The van der Waals surface area contributed by atoms with Crippen molar-refractivity contribution in [1.82, 2.24) is 25.3 Å². The number of fused-ring (bicyclic) bond motifs is 2. The van der Waals surface area contributed by atoms with Crippen molar-refractivity contribution in [2.45, 2.75) is 32.9 Å². The number of carbonyl (C=O) groups excluding carboxylic acids is 2. The lowest BCUT2D eigenvalue weighted by Gasteiger charge is -2.32. The zero-order chi connectivity index (χ0) is 26.5. The van der Waals surface area contributed by atoms with Crippen molar-refractivity contribution in [3.05, 3.63) is 96.8 Å². The van der Waals surface area contributed by atoms with Gasteiger partial charge in [0.2, 0.25) is 11.8 Å². The number of rotatable bonds is 9. The summed E-state index contributed by atoms with van der Waals surface area (Å²) in [5, 5.41) is 13.3. The normalized spacial score (nSPS) is 12.1. The second kappa shape index (κ2) is 11.2. The first-order chi connectivity index (χ1) is 18.5. The number of hydrogen-bond acceptors (Lipinski definition) is 5. The average molecular weight is 507 g/mol. The van der Waals surface area contributed by atoms with Crippen LogP contribution in [0, 0.1) is 5.92 Å². The molecule has 0 bridgehead atoms. The molecule has 3 aromatic carbocycles. The third kappa shape index (κ3) is 5.25. The highest BCUT2D eigenvalue weighted by atomic mass is 16.2. The zero-order valence-corrected chi connectivity index (χ0v) is 21.5. The van der Waals surface area contributed by atoms with Crippen LogP contribution in [0.25, 0.3) is 21.8 Å². The molecule has 2 aromatic heterocycles. The summed E-state index contributed by atoms with van der Waals surface area (Å²) < 4.78 is 1.58. The van der Waals surface area contributed by atoms with E-state index in [-0.39, 0.29) is 18.4 Å². The van der Waals surface area contributed by atoms with Gasteiger partial charge in [-0.15, -0.1) is 5.10 Å². The molecule has 5 aromatic rings. The fourth-order valence-corrected chi connectivity index (χ4v) is 4.62. The highest BCUT2D eigenvalue weighted by Gasteiger charge is 2.34. The molecule has 0 saturated carbocycles. The van der Waals surface area contributed by atoms with Gasteiger partial charge in [-0.25, -0.2) is 4.68 Å². The maximum Gasteiger partial charge on any atom is 0.249 e. The maximum absolute atomic E-state index is 14.2. The first kappa shape index (κ1) is 25.1. The summed E-state index contributed by atoms with van der Waals surface area (Å²) in [7, 11) is 0. The molecule has 8 heteroatoms. The second-order valence-corrected chi connectivity index (χ2v) is 9.65. The number of pyridine rings is 1. The van der Waals surface area contributed by atoms with Gasteiger partial charge in [0, 0.05) is 24.3 Å². The summed E-state index contributed by atoms with van der Waals surface area (Å²) in [4.78, 5) is 33.8. The monoisotopic (exact) mass is 506 g/mol. The summed E-state index contributed by atoms with van der Waals surface area (Å²) >= 11 is 0. The molecule has 0 radical (unpaired) electrons. The Labute approximate surface area is 221 Å². The van der Waals surface area contributed by atoms with Gasteiger partial charge in [-0.2, -0.15) is 0 Å². The Hall–Kier alpha value is -4.59. The number of para-hydroxylation sites is 1. The molecule has 1 N–H and O–H groups in total. The van der Waals surface area contributed by atoms with Crippen molar-refractivity contribution < 1.29 is 9.59 Å². The highest BCUT2D eigenvalue weighted by Crippen LogP contribution is 2.34. The molecule has 8 nitrogen and oxygen atoms in total. The third-order valence-electron chi connectivity index (χ3n) is 6.55. The minimum absolute atomic E-state index is 0.0788. The zero-order valence-electron chi connectivity index (χ0n) is 21.5. The van der Waals surface area contributed by atoms with Crippen molar-refractivity contribution in [3.63, 3.8) is 0 Å². The van der Waals surface area contributed by atoms with E-state index in [4.69, 9.17) is 0 Å². The Kier molecular flexibility index (Phi) is 7.40. The molecule has 0 aliphatic rings. The predicted octanol–water partition coefficient (Wildman–Crippen LogP) is 4.92. The van der Waals surface area contributed by atoms with Crippen molar-refractivity contribution in [2.75, 3.05) is 11.4 Å². The molecule has 0 spiro atoms. The van der Waals surface area contributed by atoms with Crippen molar-refractivity contribution in [3.8, 4) is 0 Å². The van der Waals surface area contributed by atoms with Crippen LogP contribution in [0.4, 0.5) is 5.69 Å². The predicted molar refractivity (Wildman–Crippen MR) is 148 cm³/mol. The Bertz CT molecular complexity index is 1560. The molecule has 0 aliphatic heterocycles. The molecule has 0 aliphatic carbocycles. The molecule has 2 heterocycles. The topological polar surface area (TPSA) is 93.0 Å². The summed E-state index contributed by atoms with van der Waals surface area (Å²) in [5.74, 6) is -0.0921. The van der Waals surface area contributed by atoms with E-state index >= 15 is 0 Å². The fourth-order valence-electron chi connectivity index (χ4n) is 4.62. The quantitative estimate of drug-likeness (QED) is 0.306. The number of anilines is 1. The number of carbonyl (C=O) groups is 2. The van der Waals surface area contributed by atoms with Gasteiger partial charge in [0.25, 0.3) is 0 Å². The Morgan fingerprint density at radius 2 is 1.66 bits per heavy atom. The van der Waals surface area contributed by atoms with Gasteiger partial charge in [-0.1, -0.05) is 67.6 Å². The molecular weight excluding hydrogens is 476 g/mol. The van der Waals surface area contributed by atoms with Gasteiger partial charge in [-0.3, -0.25) is 19.5 Å². The molecule has 38 heavy (non-hydrogen) atoms. The fraction of sp³-hybridized carbons (Fsp3) is 0.233. The number of hydrogen-bond donors (Lipinski definition) is 1. The second-order valence-electron chi connectivity index (χ2n) is 9.65. The van der Waals surface area contributed by atoms with Crippen LogP contribution >= 0.6 is 0 Å². The Balaban J connectivity index is 1.62. The van der Waals surface area contributed by atoms with Crippen LogP contribution in [-0.2, 0) is 16.1 Å². The SMILES string of the molecule is CC(C)CCNC(=O)[C@H](c1ccncc1)N(C(=O)Cn1nnc2ccccc21)c1cccc2ccccc12. The molecule has 1 atom stereocenters. The van der Waals surface area contributed by atoms with Crippen molar-refractivity contribution >= 4 is 39.3 Å². The summed E-state index contributed by atoms with van der Waals surface area (Å²) in [6.45, 7) is 4.66. The molecule has 0 unspecified atom stereocenters. The number of amides is 2. The van der Waals surface area contributed by atoms with Gasteiger partial charge in [0.1, 0.15) is 18.1 Å². The standard InChI is InChI=1S/C30H30N6O2/c1-21(2)14-19-32-30(38)29(23-15-17-31-18-16-23)36(26-13-7-9-22-8-3-4-10-24(22)26)28(37)20-35-27-12-6-5-11-25(27)33-34-35/h3-13,15-18,21,29H,14,19-20H2,1-2H3,(H,32,38)/t29-/m0/s1. The first-order valence-electron chi connectivity index (χ1n) is 12.8. The molecule has 0 saturated heterocycles. The molecular formula is C30H30N6O2. The Morgan fingerprint density at radius 3 is 2.47 bits per heavy atom. The van der Waals surface area contributed by atoms with Crippen LogP contribution < -0.4 is 10.2 Å². The van der Waals surface area contributed by atoms with Crippen LogP contribution in [0.3, 0.4) is 0 Å². The summed E-state index contributed by atoms with van der Waals surface area (Å²) in [6, 6.07) is 23.8. The van der Waals surface area contributed by atoms with Crippen LogP contribution in [0.5, 0.6) is 0 Å². The van der Waals surface area contributed by atoms with Gasteiger partial charge >= 0.3 is 0 Å².